The molecule has 3 N–H and O–H groups in total. The van der Waals surface area contributed by atoms with Gasteiger partial charge in [0.2, 0.25) is 0 Å². The van der Waals surface area contributed by atoms with Crippen molar-refractivity contribution in [1.29, 1.82) is 0 Å². The fraction of sp³-hybridized carbons (Fsp3) is 0.263. The summed E-state index contributed by atoms with van der Waals surface area (Å²) in [7, 11) is 1.28. The molecular formula is C19H19N3O5. The molecule has 0 bridgehead atoms. The third-order valence-electron chi connectivity index (χ3n) is 4.42. The third kappa shape index (κ3) is 2.88. The van der Waals surface area contributed by atoms with Gasteiger partial charge in [0, 0.05) is 6.07 Å². The molecule has 1 aromatic carbocycles. The van der Waals surface area contributed by atoms with Gasteiger partial charge in [-0.2, -0.15) is 0 Å². The number of imide groups is 1. The van der Waals surface area contributed by atoms with Crippen LogP contribution in [-0.4, -0.2) is 29.5 Å². The van der Waals surface area contributed by atoms with Gasteiger partial charge < -0.3 is 10.5 Å². The van der Waals surface area contributed by atoms with Gasteiger partial charge in [-0.05, 0) is 29.2 Å². The molecule has 27 heavy (non-hydrogen) atoms. The van der Waals surface area contributed by atoms with Crippen molar-refractivity contribution in [3.63, 3.8) is 0 Å². The van der Waals surface area contributed by atoms with Crippen molar-refractivity contribution in [3.05, 3.63) is 56.9 Å². The first-order valence-electron chi connectivity index (χ1n) is 8.20. The molecule has 1 aliphatic rings. The maximum absolute atomic E-state index is 12.7. The normalized spacial score (nSPS) is 13.3. The van der Waals surface area contributed by atoms with Gasteiger partial charge in [-0.25, -0.2) is 4.79 Å². The van der Waals surface area contributed by atoms with Crippen molar-refractivity contribution in [2.75, 3.05) is 12.8 Å². The van der Waals surface area contributed by atoms with Crippen molar-refractivity contribution < 1.29 is 19.1 Å². The minimum absolute atomic E-state index is 0.0310. The lowest BCUT2D eigenvalue weighted by Crippen LogP contribution is -2.27. The molecule has 0 spiro atoms. The molecule has 0 atom stereocenters. The molecule has 0 saturated carbocycles. The average Bonchev–Trinajstić information content (AvgIpc) is 2.87. The number of benzene rings is 1. The Hall–Kier alpha value is -3.42. The van der Waals surface area contributed by atoms with Crippen LogP contribution in [0.5, 0.6) is 0 Å². The first-order chi connectivity index (χ1) is 12.6. The highest BCUT2D eigenvalue weighted by molar-refractivity contribution is 6.23. The van der Waals surface area contributed by atoms with Crippen LogP contribution >= 0.6 is 0 Å². The Morgan fingerprint density at radius 1 is 1.11 bits per heavy atom. The predicted octanol–water partition coefficient (Wildman–Crippen LogP) is 1.39. The van der Waals surface area contributed by atoms with Gasteiger partial charge in [-0.3, -0.25) is 24.3 Å². The van der Waals surface area contributed by atoms with Crippen molar-refractivity contribution in [1.82, 2.24) is 9.88 Å². The summed E-state index contributed by atoms with van der Waals surface area (Å²) >= 11 is 0. The van der Waals surface area contributed by atoms with Crippen molar-refractivity contribution in [2.45, 2.75) is 26.2 Å². The monoisotopic (exact) mass is 369 g/mol. The molecule has 1 aromatic heterocycles. The second-order valence-electron chi connectivity index (χ2n) is 7.25. The summed E-state index contributed by atoms with van der Waals surface area (Å²) in [6.07, 6.45) is 0. The van der Waals surface area contributed by atoms with Gasteiger partial charge in [0.25, 0.3) is 17.4 Å². The number of nitrogens with one attached hydrogen (secondary N) is 1. The van der Waals surface area contributed by atoms with E-state index >= 15 is 0 Å². The lowest BCUT2D eigenvalue weighted by molar-refractivity contribution is 0.0600. The molecule has 1 aliphatic heterocycles. The van der Waals surface area contributed by atoms with Crippen LogP contribution in [-0.2, 0) is 10.2 Å². The summed E-state index contributed by atoms with van der Waals surface area (Å²) in [5.41, 5.74) is 6.45. The highest BCUT2D eigenvalue weighted by Crippen LogP contribution is 2.32. The summed E-state index contributed by atoms with van der Waals surface area (Å²) in [5, 5.41) is 2.13. The van der Waals surface area contributed by atoms with Crippen LogP contribution in [0, 0.1) is 0 Å². The van der Waals surface area contributed by atoms with Crippen molar-refractivity contribution >= 4 is 23.6 Å². The molecule has 2 amide bonds. The van der Waals surface area contributed by atoms with E-state index in [2.05, 4.69) is 5.32 Å². The lowest BCUT2D eigenvalue weighted by atomic mass is 9.84. The van der Waals surface area contributed by atoms with E-state index in [-0.39, 0.29) is 16.9 Å². The van der Waals surface area contributed by atoms with Gasteiger partial charge >= 0.3 is 5.97 Å². The number of nitrogen functional groups attached to an aromatic ring is 1. The van der Waals surface area contributed by atoms with E-state index in [1.54, 1.807) is 12.1 Å². The SMILES string of the molecule is COC(=O)c1ccc(-n2c(N)c3c(cc2=O)C(=O)NC3=O)c(C(C)(C)C)c1. The molecule has 2 aromatic rings. The van der Waals surface area contributed by atoms with Crippen LogP contribution in [0.2, 0.25) is 0 Å². The minimum atomic E-state index is -0.650. The Labute approximate surface area is 154 Å². The zero-order valence-corrected chi connectivity index (χ0v) is 15.4. The van der Waals surface area contributed by atoms with Crippen molar-refractivity contribution in [2.24, 2.45) is 0 Å². The maximum atomic E-state index is 12.7. The standard InChI is InChI=1S/C19H19N3O5/c1-19(2,3)11-7-9(18(26)27-4)5-6-12(11)22-13(23)8-10-14(15(22)20)17(25)21-16(10)24/h5-8H,20H2,1-4H3,(H,21,24,25). The van der Waals surface area contributed by atoms with Gasteiger partial charge in [-0.1, -0.05) is 20.8 Å². The molecular weight excluding hydrogens is 350 g/mol. The lowest BCUT2D eigenvalue weighted by Gasteiger charge is -2.25. The number of esters is 1. The second-order valence-corrected chi connectivity index (χ2v) is 7.25. The Balaban J connectivity index is 2.34. The van der Waals surface area contributed by atoms with E-state index in [1.807, 2.05) is 20.8 Å². The van der Waals surface area contributed by atoms with E-state index in [4.69, 9.17) is 10.5 Å². The Morgan fingerprint density at radius 3 is 2.37 bits per heavy atom. The number of nitrogens with zero attached hydrogens (tertiary/aromatic N) is 1. The van der Waals surface area contributed by atoms with Gasteiger partial charge in [0.1, 0.15) is 5.82 Å². The zero-order chi connectivity index (χ0) is 20.1. The van der Waals surface area contributed by atoms with Crippen LogP contribution in [0.1, 0.15) is 57.4 Å². The van der Waals surface area contributed by atoms with Crippen molar-refractivity contribution in [3.8, 4) is 5.69 Å². The molecule has 140 valence electrons. The van der Waals surface area contributed by atoms with Gasteiger partial charge in [0.05, 0.1) is 29.5 Å². The van der Waals surface area contributed by atoms with Gasteiger partial charge in [0.15, 0.2) is 0 Å². The molecule has 0 fully saturated rings. The van der Waals surface area contributed by atoms with Crippen LogP contribution in [0.25, 0.3) is 5.69 Å². The number of pyridine rings is 1. The number of fused-ring (bicyclic) bond motifs is 1. The fourth-order valence-electron chi connectivity index (χ4n) is 3.10. The number of hydrogen-bond donors (Lipinski definition) is 2. The van der Waals surface area contributed by atoms with Crippen LogP contribution in [0.3, 0.4) is 0 Å². The zero-order valence-electron chi connectivity index (χ0n) is 15.4. The molecule has 0 saturated heterocycles. The largest absolute Gasteiger partial charge is 0.465 e. The molecule has 3 rings (SSSR count). The summed E-state index contributed by atoms with van der Waals surface area (Å²) in [4.78, 5) is 48.5. The second kappa shape index (κ2) is 6.08. The minimum Gasteiger partial charge on any atom is -0.465 e. The number of ether oxygens (including phenoxy) is 1. The predicted molar refractivity (Wildman–Crippen MR) is 98.3 cm³/mol. The number of rotatable bonds is 2. The number of carbonyl (C=O) groups excluding carboxylic acids is 3. The smallest absolute Gasteiger partial charge is 0.337 e. The number of aromatic nitrogens is 1. The Kier molecular flexibility index (Phi) is 4.14. The molecule has 8 nitrogen and oxygen atoms in total. The molecule has 8 heteroatoms. The summed E-state index contributed by atoms with van der Waals surface area (Å²) in [5.74, 6) is -1.93. The van der Waals surface area contributed by atoms with E-state index < -0.39 is 28.8 Å². The Morgan fingerprint density at radius 2 is 1.78 bits per heavy atom. The van der Waals surface area contributed by atoms with Crippen LogP contribution in [0.15, 0.2) is 29.1 Å². The molecule has 0 radical (unpaired) electrons. The molecule has 0 unspecified atom stereocenters. The number of nitrogens with two attached hydrogens (primary N) is 1. The first kappa shape index (κ1) is 18.4. The van der Waals surface area contributed by atoms with E-state index in [9.17, 15) is 19.2 Å². The van der Waals surface area contributed by atoms with E-state index in [1.165, 1.54) is 17.7 Å². The number of carbonyl (C=O) groups is 3. The molecule has 0 aliphatic carbocycles. The summed E-state index contributed by atoms with van der Waals surface area (Å²) in [6.45, 7) is 5.74. The fourth-order valence-corrected chi connectivity index (χ4v) is 3.10. The summed E-state index contributed by atoms with van der Waals surface area (Å²) in [6, 6.07) is 5.81. The molecule has 2 heterocycles. The number of methoxy groups -OCH3 is 1. The number of hydrogen-bond acceptors (Lipinski definition) is 6. The first-order valence-corrected chi connectivity index (χ1v) is 8.20. The summed E-state index contributed by atoms with van der Waals surface area (Å²) < 4.78 is 5.94. The third-order valence-corrected chi connectivity index (χ3v) is 4.42. The highest BCUT2D eigenvalue weighted by atomic mass is 16.5. The number of amides is 2. The van der Waals surface area contributed by atoms with Crippen LogP contribution in [0.4, 0.5) is 5.82 Å². The topological polar surface area (TPSA) is 120 Å². The maximum Gasteiger partial charge on any atom is 0.337 e. The van der Waals surface area contributed by atoms with Crippen LogP contribution < -0.4 is 16.6 Å². The Bertz CT molecular complexity index is 1060. The average molecular weight is 369 g/mol. The van der Waals surface area contributed by atoms with Gasteiger partial charge in [-0.15, -0.1) is 0 Å². The quantitative estimate of drug-likeness (QED) is 0.610. The van der Waals surface area contributed by atoms with E-state index in [0.29, 0.717) is 16.8 Å². The van der Waals surface area contributed by atoms with E-state index in [0.717, 1.165) is 6.07 Å². The highest BCUT2D eigenvalue weighted by Gasteiger charge is 2.33. The number of anilines is 1.